The van der Waals surface area contributed by atoms with Crippen LogP contribution in [0.2, 0.25) is 5.02 Å². The molecule has 0 amide bonds. The van der Waals surface area contributed by atoms with Crippen LogP contribution in [0.4, 0.5) is 0 Å². The quantitative estimate of drug-likeness (QED) is 0.802. The van der Waals surface area contributed by atoms with E-state index in [0.717, 1.165) is 11.3 Å². The van der Waals surface area contributed by atoms with Crippen molar-refractivity contribution in [1.29, 1.82) is 0 Å². The number of thioether (sulfide) groups is 1. The van der Waals surface area contributed by atoms with Crippen molar-refractivity contribution in [2.45, 2.75) is 19.0 Å². The molecule has 0 spiro atoms. The number of hydrogen-bond donors (Lipinski definition) is 2. The second-order valence-corrected chi connectivity index (χ2v) is 5.11. The van der Waals surface area contributed by atoms with E-state index in [4.69, 9.17) is 16.7 Å². The molecule has 1 unspecified atom stereocenters. The zero-order valence-corrected chi connectivity index (χ0v) is 11.2. The van der Waals surface area contributed by atoms with Crippen LogP contribution in [0.1, 0.15) is 12.0 Å². The minimum Gasteiger partial charge on any atom is -0.480 e. The molecule has 0 heterocycles. The summed E-state index contributed by atoms with van der Waals surface area (Å²) in [7, 11) is 0. The topological polar surface area (TPSA) is 49.3 Å². The van der Waals surface area contributed by atoms with Crippen molar-refractivity contribution in [2.24, 2.45) is 0 Å². The van der Waals surface area contributed by atoms with E-state index in [1.54, 1.807) is 17.8 Å². The third-order valence-electron chi connectivity index (χ3n) is 2.35. The lowest BCUT2D eigenvalue weighted by molar-refractivity contribution is -0.139. The van der Waals surface area contributed by atoms with Crippen molar-refractivity contribution in [1.82, 2.24) is 5.32 Å². The molecular formula is C12H16ClNO2S. The second kappa shape index (κ2) is 7.58. The second-order valence-electron chi connectivity index (χ2n) is 3.68. The lowest BCUT2D eigenvalue weighted by Crippen LogP contribution is -2.36. The maximum atomic E-state index is 11.0. The Morgan fingerprint density at radius 3 is 2.94 bits per heavy atom. The third kappa shape index (κ3) is 5.44. The average Bonchev–Trinajstić information content (AvgIpc) is 2.28. The third-order valence-corrected chi connectivity index (χ3v) is 3.23. The van der Waals surface area contributed by atoms with Crippen LogP contribution >= 0.6 is 23.4 Å². The molecule has 0 aliphatic carbocycles. The van der Waals surface area contributed by atoms with Gasteiger partial charge in [-0.3, -0.25) is 4.79 Å². The van der Waals surface area contributed by atoms with E-state index in [-0.39, 0.29) is 0 Å². The molecule has 0 aromatic heterocycles. The highest BCUT2D eigenvalue weighted by Gasteiger charge is 2.15. The van der Waals surface area contributed by atoms with Crippen LogP contribution in [-0.2, 0) is 11.3 Å². The summed E-state index contributed by atoms with van der Waals surface area (Å²) in [5, 5.41) is 12.7. The lowest BCUT2D eigenvalue weighted by atomic mass is 10.2. The molecule has 0 aliphatic heterocycles. The van der Waals surface area contributed by atoms with Crippen LogP contribution in [-0.4, -0.2) is 29.1 Å². The Morgan fingerprint density at radius 1 is 1.59 bits per heavy atom. The minimum absolute atomic E-state index is 0.499. The van der Waals surface area contributed by atoms with E-state index < -0.39 is 12.0 Å². The first kappa shape index (κ1) is 14.4. The number of rotatable bonds is 7. The first-order chi connectivity index (χ1) is 8.13. The Hall–Kier alpha value is -0.710. The van der Waals surface area contributed by atoms with Crippen LogP contribution in [0, 0.1) is 0 Å². The highest BCUT2D eigenvalue weighted by Crippen LogP contribution is 2.11. The van der Waals surface area contributed by atoms with Gasteiger partial charge in [-0.25, -0.2) is 0 Å². The number of halogens is 1. The number of carboxylic acids is 1. The molecule has 5 heteroatoms. The van der Waals surface area contributed by atoms with Gasteiger partial charge in [0.25, 0.3) is 0 Å². The molecule has 0 radical (unpaired) electrons. The fraction of sp³-hybridized carbons (Fsp3) is 0.417. The zero-order chi connectivity index (χ0) is 12.7. The Kier molecular flexibility index (Phi) is 6.40. The largest absolute Gasteiger partial charge is 0.480 e. The Balaban J connectivity index is 2.48. The summed E-state index contributed by atoms with van der Waals surface area (Å²) in [6.45, 7) is 0.520. The van der Waals surface area contributed by atoms with Gasteiger partial charge in [-0.05, 0) is 36.1 Å². The van der Waals surface area contributed by atoms with Crippen LogP contribution in [0.3, 0.4) is 0 Å². The van der Waals surface area contributed by atoms with Crippen molar-refractivity contribution >= 4 is 29.3 Å². The molecule has 0 fully saturated rings. The minimum atomic E-state index is -0.805. The SMILES string of the molecule is CSCCC(NCc1cccc(Cl)c1)C(=O)O. The predicted octanol–water partition coefficient (Wildman–Crippen LogP) is 2.64. The van der Waals surface area contributed by atoms with E-state index in [1.165, 1.54) is 0 Å². The maximum absolute atomic E-state index is 11.0. The smallest absolute Gasteiger partial charge is 0.320 e. The highest BCUT2D eigenvalue weighted by atomic mass is 35.5. The van der Waals surface area contributed by atoms with E-state index in [1.807, 2.05) is 24.5 Å². The summed E-state index contributed by atoms with van der Waals surface area (Å²) >= 11 is 7.51. The van der Waals surface area contributed by atoms with Gasteiger partial charge in [-0.2, -0.15) is 11.8 Å². The standard InChI is InChI=1S/C12H16ClNO2S/c1-17-6-5-11(12(15)16)14-8-9-3-2-4-10(13)7-9/h2-4,7,11,14H,5-6,8H2,1H3,(H,15,16). The number of benzene rings is 1. The number of hydrogen-bond acceptors (Lipinski definition) is 3. The molecule has 1 atom stereocenters. The van der Waals surface area contributed by atoms with Crippen LogP contribution in [0.15, 0.2) is 24.3 Å². The summed E-state index contributed by atoms with van der Waals surface area (Å²) in [5.41, 5.74) is 0.993. The summed E-state index contributed by atoms with van der Waals surface area (Å²) < 4.78 is 0. The molecule has 94 valence electrons. The highest BCUT2D eigenvalue weighted by molar-refractivity contribution is 7.98. The summed E-state index contributed by atoms with van der Waals surface area (Å²) in [6, 6.07) is 6.92. The number of carboxylic acid groups (broad SMARTS) is 1. The number of aliphatic carboxylic acids is 1. The Bertz CT molecular complexity index is 373. The van der Waals surface area contributed by atoms with Gasteiger partial charge in [-0.1, -0.05) is 23.7 Å². The molecule has 0 bridgehead atoms. The fourth-order valence-electron chi connectivity index (χ4n) is 1.44. The summed E-state index contributed by atoms with van der Waals surface area (Å²) in [5.74, 6) is 0.0283. The average molecular weight is 274 g/mol. The van der Waals surface area contributed by atoms with Crippen molar-refractivity contribution in [3.05, 3.63) is 34.9 Å². The van der Waals surface area contributed by atoms with Gasteiger partial charge < -0.3 is 10.4 Å². The Morgan fingerprint density at radius 2 is 2.35 bits per heavy atom. The molecule has 1 aromatic rings. The normalized spacial score (nSPS) is 12.4. The fourth-order valence-corrected chi connectivity index (χ4v) is 2.12. The van der Waals surface area contributed by atoms with Gasteiger partial charge >= 0.3 is 5.97 Å². The molecule has 1 rings (SSSR count). The van der Waals surface area contributed by atoms with Gasteiger partial charge in [0.2, 0.25) is 0 Å². The van der Waals surface area contributed by atoms with Gasteiger partial charge in [0.1, 0.15) is 6.04 Å². The molecule has 2 N–H and O–H groups in total. The number of nitrogens with one attached hydrogen (secondary N) is 1. The van der Waals surface area contributed by atoms with Crippen molar-refractivity contribution < 1.29 is 9.90 Å². The van der Waals surface area contributed by atoms with E-state index in [2.05, 4.69) is 5.32 Å². The van der Waals surface area contributed by atoms with Gasteiger partial charge in [-0.15, -0.1) is 0 Å². The van der Waals surface area contributed by atoms with Crippen molar-refractivity contribution in [3.63, 3.8) is 0 Å². The molecule has 0 aliphatic rings. The molecular weight excluding hydrogens is 258 g/mol. The van der Waals surface area contributed by atoms with Gasteiger partial charge in [0.05, 0.1) is 0 Å². The van der Waals surface area contributed by atoms with Crippen LogP contribution < -0.4 is 5.32 Å². The monoisotopic (exact) mass is 273 g/mol. The molecule has 1 aromatic carbocycles. The molecule has 0 saturated heterocycles. The van der Waals surface area contributed by atoms with Gasteiger partial charge in [0.15, 0.2) is 0 Å². The van der Waals surface area contributed by atoms with Crippen LogP contribution in [0.5, 0.6) is 0 Å². The van der Waals surface area contributed by atoms with Crippen molar-refractivity contribution in [3.8, 4) is 0 Å². The van der Waals surface area contributed by atoms with Crippen LogP contribution in [0.25, 0.3) is 0 Å². The summed E-state index contributed by atoms with van der Waals surface area (Å²) in [6.07, 6.45) is 2.59. The zero-order valence-electron chi connectivity index (χ0n) is 9.65. The van der Waals surface area contributed by atoms with E-state index in [0.29, 0.717) is 18.0 Å². The predicted molar refractivity (Wildman–Crippen MR) is 72.7 cm³/mol. The Labute approximate surface area is 111 Å². The maximum Gasteiger partial charge on any atom is 0.320 e. The lowest BCUT2D eigenvalue weighted by Gasteiger charge is -2.13. The van der Waals surface area contributed by atoms with Gasteiger partial charge in [0, 0.05) is 11.6 Å². The van der Waals surface area contributed by atoms with E-state index >= 15 is 0 Å². The first-order valence-corrected chi connectivity index (χ1v) is 7.10. The number of carbonyl (C=O) groups is 1. The van der Waals surface area contributed by atoms with E-state index in [9.17, 15) is 4.79 Å². The summed E-state index contributed by atoms with van der Waals surface area (Å²) in [4.78, 5) is 11.0. The van der Waals surface area contributed by atoms with Crippen molar-refractivity contribution in [2.75, 3.05) is 12.0 Å². The first-order valence-electron chi connectivity index (χ1n) is 5.33. The molecule has 17 heavy (non-hydrogen) atoms. The molecule has 3 nitrogen and oxygen atoms in total. The molecule has 0 saturated carbocycles.